The molecule has 5 nitrogen and oxygen atoms in total. The molecule has 0 spiro atoms. The van der Waals surface area contributed by atoms with Crippen LogP contribution in [0.3, 0.4) is 0 Å². The SMILES string of the molecule is CC(CCc1ccc(Oc2ccc(C(N)=O)cn2)cc1)NCc1ccccc1. The predicted molar refractivity (Wildman–Crippen MR) is 110 cm³/mol. The Hall–Kier alpha value is -3.18. The Labute approximate surface area is 165 Å². The van der Waals surface area contributed by atoms with E-state index in [2.05, 4.69) is 53.6 Å². The summed E-state index contributed by atoms with van der Waals surface area (Å²) in [5.74, 6) is 0.630. The molecule has 0 aliphatic heterocycles. The van der Waals surface area contributed by atoms with Gasteiger partial charge in [0.15, 0.2) is 0 Å². The molecule has 0 saturated carbocycles. The smallest absolute Gasteiger partial charge is 0.250 e. The van der Waals surface area contributed by atoms with Crippen molar-refractivity contribution in [1.82, 2.24) is 10.3 Å². The highest BCUT2D eigenvalue weighted by atomic mass is 16.5. The molecule has 0 radical (unpaired) electrons. The van der Waals surface area contributed by atoms with Crippen molar-refractivity contribution in [3.05, 3.63) is 89.6 Å². The number of hydrogen-bond acceptors (Lipinski definition) is 4. The first-order valence-electron chi connectivity index (χ1n) is 9.40. The predicted octanol–water partition coefficient (Wildman–Crippen LogP) is 4.08. The largest absolute Gasteiger partial charge is 0.439 e. The number of benzene rings is 2. The van der Waals surface area contributed by atoms with Gasteiger partial charge in [0.25, 0.3) is 0 Å². The van der Waals surface area contributed by atoms with Crippen molar-refractivity contribution in [2.75, 3.05) is 0 Å². The van der Waals surface area contributed by atoms with Crippen molar-refractivity contribution in [2.45, 2.75) is 32.4 Å². The number of carbonyl (C=O) groups is 1. The number of pyridine rings is 1. The Bertz CT molecular complexity index is 878. The Kier molecular flexibility index (Phi) is 6.76. The summed E-state index contributed by atoms with van der Waals surface area (Å²) in [6, 6.07) is 22.1. The number of nitrogens with two attached hydrogens (primary N) is 1. The van der Waals surface area contributed by atoms with Gasteiger partial charge < -0.3 is 15.8 Å². The summed E-state index contributed by atoms with van der Waals surface area (Å²) in [6.07, 6.45) is 3.47. The van der Waals surface area contributed by atoms with Gasteiger partial charge in [-0.05, 0) is 49.1 Å². The molecule has 0 bridgehead atoms. The van der Waals surface area contributed by atoms with E-state index in [0.29, 0.717) is 23.2 Å². The number of hydrogen-bond donors (Lipinski definition) is 2. The summed E-state index contributed by atoms with van der Waals surface area (Å²) >= 11 is 0. The highest BCUT2D eigenvalue weighted by Gasteiger charge is 2.05. The minimum absolute atomic E-state index is 0.359. The first kappa shape index (κ1) is 19.6. The van der Waals surface area contributed by atoms with Crippen LogP contribution in [0.5, 0.6) is 11.6 Å². The van der Waals surface area contributed by atoms with E-state index >= 15 is 0 Å². The second-order valence-electron chi connectivity index (χ2n) is 6.80. The van der Waals surface area contributed by atoms with E-state index in [1.807, 2.05) is 18.2 Å². The third-order valence-electron chi connectivity index (χ3n) is 4.53. The van der Waals surface area contributed by atoms with Crippen LogP contribution in [0, 0.1) is 0 Å². The van der Waals surface area contributed by atoms with Crippen LogP contribution < -0.4 is 15.8 Å². The molecule has 1 unspecified atom stereocenters. The van der Waals surface area contributed by atoms with Gasteiger partial charge in [-0.1, -0.05) is 42.5 Å². The molecule has 3 rings (SSSR count). The van der Waals surface area contributed by atoms with E-state index in [0.717, 1.165) is 19.4 Å². The molecule has 3 aromatic rings. The average Bonchev–Trinajstić information content (AvgIpc) is 2.73. The molecule has 28 heavy (non-hydrogen) atoms. The molecule has 0 aliphatic carbocycles. The molecule has 1 amide bonds. The maximum Gasteiger partial charge on any atom is 0.250 e. The Morgan fingerprint density at radius 3 is 2.43 bits per heavy atom. The zero-order valence-electron chi connectivity index (χ0n) is 16.0. The topological polar surface area (TPSA) is 77.2 Å². The van der Waals surface area contributed by atoms with Crippen LogP contribution in [-0.2, 0) is 13.0 Å². The van der Waals surface area contributed by atoms with Crippen LogP contribution in [0.4, 0.5) is 0 Å². The van der Waals surface area contributed by atoms with Crippen molar-refractivity contribution in [1.29, 1.82) is 0 Å². The first-order chi connectivity index (χ1) is 13.6. The Morgan fingerprint density at radius 1 is 1.04 bits per heavy atom. The zero-order chi connectivity index (χ0) is 19.8. The molecule has 0 saturated heterocycles. The summed E-state index contributed by atoms with van der Waals surface area (Å²) in [4.78, 5) is 15.2. The number of nitrogens with one attached hydrogen (secondary N) is 1. The normalized spacial score (nSPS) is 11.8. The Morgan fingerprint density at radius 2 is 1.79 bits per heavy atom. The van der Waals surface area contributed by atoms with Gasteiger partial charge in [0.1, 0.15) is 5.75 Å². The molecule has 0 fully saturated rings. The van der Waals surface area contributed by atoms with E-state index < -0.39 is 5.91 Å². The number of primary amides is 1. The zero-order valence-corrected chi connectivity index (χ0v) is 16.0. The second-order valence-corrected chi connectivity index (χ2v) is 6.80. The molecule has 2 aromatic carbocycles. The monoisotopic (exact) mass is 375 g/mol. The lowest BCUT2D eigenvalue weighted by atomic mass is 10.1. The molecule has 3 N–H and O–H groups in total. The second kappa shape index (κ2) is 9.67. The van der Waals surface area contributed by atoms with Crippen molar-refractivity contribution >= 4 is 5.91 Å². The fraction of sp³-hybridized carbons (Fsp3) is 0.217. The van der Waals surface area contributed by atoms with Crippen molar-refractivity contribution in [3.8, 4) is 11.6 Å². The Balaban J connectivity index is 1.45. The quantitative estimate of drug-likeness (QED) is 0.591. The molecular formula is C23H25N3O2. The van der Waals surface area contributed by atoms with Gasteiger partial charge in [0.2, 0.25) is 11.8 Å². The molecular weight excluding hydrogens is 350 g/mol. The van der Waals surface area contributed by atoms with E-state index in [4.69, 9.17) is 10.5 Å². The third-order valence-corrected chi connectivity index (χ3v) is 4.53. The summed E-state index contributed by atoms with van der Waals surface area (Å²) in [5, 5.41) is 3.56. The third kappa shape index (κ3) is 5.93. The maximum absolute atomic E-state index is 11.1. The average molecular weight is 375 g/mol. The van der Waals surface area contributed by atoms with Gasteiger partial charge in [-0.15, -0.1) is 0 Å². The van der Waals surface area contributed by atoms with Gasteiger partial charge in [0, 0.05) is 24.8 Å². The molecule has 1 atom stereocenters. The molecule has 144 valence electrons. The van der Waals surface area contributed by atoms with Crippen molar-refractivity contribution in [3.63, 3.8) is 0 Å². The van der Waals surface area contributed by atoms with E-state index in [1.54, 1.807) is 12.1 Å². The number of ether oxygens (including phenoxy) is 1. The highest BCUT2D eigenvalue weighted by molar-refractivity contribution is 5.92. The minimum atomic E-state index is -0.504. The number of aromatic nitrogens is 1. The minimum Gasteiger partial charge on any atom is -0.439 e. The lowest BCUT2D eigenvalue weighted by Crippen LogP contribution is -2.25. The number of aryl methyl sites for hydroxylation is 1. The van der Waals surface area contributed by atoms with Crippen molar-refractivity contribution in [2.24, 2.45) is 5.73 Å². The van der Waals surface area contributed by atoms with Crippen LogP contribution in [0.15, 0.2) is 72.9 Å². The van der Waals surface area contributed by atoms with Crippen LogP contribution in [0.2, 0.25) is 0 Å². The lowest BCUT2D eigenvalue weighted by Gasteiger charge is -2.14. The van der Waals surface area contributed by atoms with Gasteiger partial charge in [-0.3, -0.25) is 4.79 Å². The summed E-state index contributed by atoms with van der Waals surface area (Å²) in [5.41, 5.74) is 8.13. The summed E-state index contributed by atoms with van der Waals surface area (Å²) in [7, 11) is 0. The molecule has 0 aliphatic rings. The standard InChI is InChI=1S/C23H25N3O2/c1-17(25-15-19-5-3-2-4-6-19)7-8-18-9-12-21(13-10-18)28-22-14-11-20(16-26-22)23(24)27/h2-6,9-14,16-17,25H,7-8,15H2,1H3,(H2,24,27). The number of carbonyl (C=O) groups excluding carboxylic acids is 1. The molecule has 1 aromatic heterocycles. The van der Waals surface area contributed by atoms with E-state index in [1.165, 1.54) is 17.3 Å². The highest BCUT2D eigenvalue weighted by Crippen LogP contribution is 2.20. The van der Waals surface area contributed by atoms with Gasteiger partial charge in [-0.2, -0.15) is 0 Å². The van der Waals surface area contributed by atoms with Gasteiger partial charge >= 0.3 is 0 Å². The van der Waals surface area contributed by atoms with Crippen LogP contribution in [-0.4, -0.2) is 16.9 Å². The number of amides is 1. The van der Waals surface area contributed by atoms with Crippen LogP contribution in [0.1, 0.15) is 34.8 Å². The maximum atomic E-state index is 11.1. The summed E-state index contributed by atoms with van der Waals surface area (Å²) < 4.78 is 5.71. The van der Waals surface area contributed by atoms with Crippen LogP contribution in [0.25, 0.3) is 0 Å². The molecule has 1 heterocycles. The molecule has 5 heteroatoms. The van der Waals surface area contributed by atoms with E-state index in [9.17, 15) is 4.79 Å². The van der Waals surface area contributed by atoms with Crippen molar-refractivity contribution < 1.29 is 9.53 Å². The fourth-order valence-electron chi connectivity index (χ4n) is 2.80. The number of rotatable bonds is 9. The first-order valence-corrected chi connectivity index (χ1v) is 9.40. The summed E-state index contributed by atoms with van der Waals surface area (Å²) in [6.45, 7) is 3.10. The van der Waals surface area contributed by atoms with Gasteiger partial charge in [0.05, 0.1) is 5.56 Å². The van der Waals surface area contributed by atoms with Crippen LogP contribution >= 0.6 is 0 Å². The lowest BCUT2D eigenvalue weighted by molar-refractivity contribution is 0.1000. The number of nitrogens with zero attached hydrogens (tertiary/aromatic N) is 1. The van der Waals surface area contributed by atoms with Gasteiger partial charge in [-0.25, -0.2) is 4.98 Å². The van der Waals surface area contributed by atoms with E-state index in [-0.39, 0.29) is 0 Å². The fourth-order valence-corrected chi connectivity index (χ4v) is 2.80.